The normalized spacial score (nSPS) is 10.8. The van der Waals surface area contributed by atoms with Gasteiger partial charge >= 0.3 is 6.09 Å². The maximum Gasteiger partial charge on any atom is 0.413 e. The maximum absolute atomic E-state index is 13.0. The zero-order valence-corrected chi connectivity index (χ0v) is 19.1. The second kappa shape index (κ2) is 10.3. The number of hydrogen-bond acceptors (Lipinski definition) is 6. The number of thiazole rings is 1. The van der Waals surface area contributed by atoms with Crippen molar-refractivity contribution < 1.29 is 18.7 Å². The summed E-state index contributed by atoms with van der Waals surface area (Å²) in [4.78, 5) is 16.7. The van der Waals surface area contributed by atoms with Gasteiger partial charge in [0.2, 0.25) is 5.06 Å². The van der Waals surface area contributed by atoms with Gasteiger partial charge in [-0.1, -0.05) is 35.6 Å². The average Bonchev–Trinajstić information content (AvgIpc) is 3.44. The van der Waals surface area contributed by atoms with E-state index in [9.17, 15) is 9.18 Å². The number of methoxy groups -OCH3 is 1. The van der Waals surface area contributed by atoms with Crippen LogP contribution < -0.4 is 14.8 Å². The smallest absolute Gasteiger partial charge is 0.413 e. The largest absolute Gasteiger partial charge is 0.497 e. The number of nitrogens with zero attached hydrogens (tertiary/aromatic N) is 3. The molecule has 9 heteroatoms. The first-order valence-corrected chi connectivity index (χ1v) is 11.2. The van der Waals surface area contributed by atoms with E-state index in [-0.39, 0.29) is 12.4 Å². The third kappa shape index (κ3) is 5.95. The van der Waals surface area contributed by atoms with Crippen molar-refractivity contribution in [2.75, 3.05) is 7.11 Å². The highest BCUT2D eigenvalue weighted by Gasteiger charge is 2.16. The van der Waals surface area contributed by atoms with Gasteiger partial charge in [0, 0.05) is 19.3 Å². The molecular weight excluding hydrogens is 443 g/mol. The van der Waals surface area contributed by atoms with Gasteiger partial charge in [-0.25, -0.2) is 14.2 Å². The van der Waals surface area contributed by atoms with Gasteiger partial charge in [0.1, 0.15) is 22.3 Å². The zero-order valence-electron chi connectivity index (χ0n) is 18.2. The molecule has 1 amide bonds. The Morgan fingerprint density at radius 1 is 1.09 bits per heavy atom. The molecule has 0 saturated heterocycles. The number of nitrogens with one attached hydrogen (secondary N) is 1. The first-order chi connectivity index (χ1) is 16.0. The number of halogens is 1. The Kier molecular flexibility index (Phi) is 6.99. The molecular formula is C24H23FN4O3S. The summed E-state index contributed by atoms with van der Waals surface area (Å²) < 4.78 is 25.4. The number of amides is 1. The number of benzene rings is 2. The van der Waals surface area contributed by atoms with Crippen molar-refractivity contribution in [3.63, 3.8) is 0 Å². The molecule has 0 spiro atoms. The van der Waals surface area contributed by atoms with Crippen LogP contribution >= 0.6 is 11.3 Å². The fourth-order valence-corrected chi connectivity index (χ4v) is 4.00. The highest BCUT2D eigenvalue weighted by atomic mass is 32.1. The molecule has 0 aliphatic heterocycles. The number of rotatable bonds is 8. The Bertz CT molecular complexity index is 1220. The topological polar surface area (TPSA) is 78.3 Å². The molecule has 0 bridgehead atoms. The summed E-state index contributed by atoms with van der Waals surface area (Å²) in [7, 11) is 1.65. The highest BCUT2D eigenvalue weighted by molar-refractivity contribution is 7.17. The van der Waals surface area contributed by atoms with Crippen molar-refractivity contribution in [2.24, 2.45) is 0 Å². The lowest BCUT2D eigenvalue weighted by Crippen LogP contribution is -2.26. The van der Waals surface area contributed by atoms with E-state index >= 15 is 0 Å². The van der Waals surface area contributed by atoms with Crippen LogP contribution in [0.5, 0.6) is 10.8 Å². The first-order valence-electron chi connectivity index (χ1n) is 10.3. The summed E-state index contributed by atoms with van der Waals surface area (Å²) in [6.07, 6.45) is 2.15. The Morgan fingerprint density at radius 2 is 1.82 bits per heavy atom. The van der Waals surface area contributed by atoms with E-state index in [0.29, 0.717) is 15.8 Å². The van der Waals surface area contributed by atoms with E-state index in [1.807, 2.05) is 41.2 Å². The Morgan fingerprint density at radius 3 is 2.55 bits per heavy atom. The fourth-order valence-electron chi connectivity index (χ4n) is 3.12. The van der Waals surface area contributed by atoms with Crippen LogP contribution in [0.1, 0.15) is 16.8 Å². The first kappa shape index (κ1) is 22.5. The predicted molar refractivity (Wildman–Crippen MR) is 124 cm³/mol. The zero-order chi connectivity index (χ0) is 23.2. The minimum absolute atomic E-state index is 0.239. The summed E-state index contributed by atoms with van der Waals surface area (Å²) in [6, 6.07) is 15.8. The van der Waals surface area contributed by atoms with Gasteiger partial charge in [0.15, 0.2) is 0 Å². The second-order valence-corrected chi connectivity index (χ2v) is 8.29. The molecule has 33 heavy (non-hydrogen) atoms. The van der Waals surface area contributed by atoms with Crippen molar-refractivity contribution in [3.05, 3.63) is 83.4 Å². The van der Waals surface area contributed by atoms with Crippen molar-refractivity contribution in [1.82, 2.24) is 20.1 Å². The molecule has 4 aromatic rings. The van der Waals surface area contributed by atoms with Crippen molar-refractivity contribution in [3.8, 4) is 21.5 Å². The summed E-state index contributed by atoms with van der Waals surface area (Å²) in [5, 5.41) is 8.34. The molecule has 0 aliphatic rings. The van der Waals surface area contributed by atoms with Crippen LogP contribution in [0.15, 0.2) is 60.8 Å². The van der Waals surface area contributed by atoms with Crippen LogP contribution in [0.2, 0.25) is 0 Å². The van der Waals surface area contributed by atoms with Gasteiger partial charge in [0.05, 0.1) is 12.8 Å². The van der Waals surface area contributed by atoms with Gasteiger partial charge in [-0.2, -0.15) is 5.10 Å². The monoisotopic (exact) mass is 466 g/mol. The predicted octanol–water partition coefficient (Wildman–Crippen LogP) is 4.99. The summed E-state index contributed by atoms with van der Waals surface area (Å²) in [6.45, 7) is 2.75. The number of hydrogen-bond donors (Lipinski definition) is 1. The van der Waals surface area contributed by atoms with Crippen molar-refractivity contribution in [2.45, 2.75) is 26.4 Å². The molecule has 4 rings (SSSR count). The Labute approximate surface area is 194 Å². The third-order valence-electron chi connectivity index (χ3n) is 4.94. The van der Waals surface area contributed by atoms with Crippen LogP contribution in [0.3, 0.4) is 0 Å². The Balaban J connectivity index is 1.33. The fraction of sp³-hybridized carbons (Fsp3) is 0.208. The lowest BCUT2D eigenvalue weighted by molar-refractivity contribution is 0.201. The number of aryl methyl sites for hydroxylation is 3. The standard InChI is InChI=1S/C24H23FN4O3S/c1-16-23(32-24(30)26-15-18-3-7-19(25)8-4-18)33-22(27-16)21-12-14-29(28-21)13-11-17-5-9-20(31-2)10-6-17/h3-10,12,14H,11,13,15H2,1-2H3,(H,26,30). The molecule has 0 aliphatic carbocycles. The van der Waals surface area contributed by atoms with Crippen molar-refractivity contribution in [1.29, 1.82) is 0 Å². The number of carbonyl (C=O) groups excluding carboxylic acids is 1. The molecule has 2 aromatic carbocycles. The van der Waals surface area contributed by atoms with E-state index in [1.54, 1.807) is 26.2 Å². The number of aromatic nitrogens is 3. The van der Waals surface area contributed by atoms with Crippen LogP contribution in [0, 0.1) is 12.7 Å². The van der Waals surface area contributed by atoms with E-state index in [2.05, 4.69) is 15.4 Å². The van der Waals surface area contributed by atoms with Crippen molar-refractivity contribution >= 4 is 17.4 Å². The minimum Gasteiger partial charge on any atom is -0.497 e. The lowest BCUT2D eigenvalue weighted by Gasteiger charge is -2.05. The molecule has 2 heterocycles. The number of carbonyl (C=O) groups is 1. The maximum atomic E-state index is 13.0. The highest BCUT2D eigenvalue weighted by Crippen LogP contribution is 2.32. The van der Waals surface area contributed by atoms with E-state index in [1.165, 1.54) is 29.0 Å². The average molecular weight is 467 g/mol. The van der Waals surface area contributed by atoms with Gasteiger partial charge in [0.25, 0.3) is 0 Å². The lowest BCUT2D eigenvalue weighted by atomic mass is 10.1. The van der Waals surface area contributed by atoms with Gasteiger partial charge in [-0.3, -0.25) is 4.68 Å². The summed E-state index contributed by atoms with van der Waals surface area (Å²) in [5.74, 6) is 0.513. The Hall–Kier alpha value is -3.72. The quantitative estimate of drug-likeness (QED) is 0.396. The van der Waals surface area contributed by atoms with Crippen LogP contribution in [0.4, 0.5) is 9.18 Å². The SMILES string of the molecule is COc1ccc(CCn2ccc(-c3nc(C)c(OC(=O)NCc4ccc(F)cc4)s3)n2)cc1. The molecule has 170 valence electrons. The molecule has 0 atom stereocenters. The van der Waals surface area contributed by atoms with Crippen LogP contribution in [-0.2, 0) is 19.5 Å². The van der Waals surface area contributed by atoms with Gasteiger partial charge in [-0.05, 0) is 54.8 Å². The van der Waals surface area contributed by atoms with Crippen LogP contribution in [-0.4, -0.2) is 28.0 Å². The third-order valence-corrected chi connectivity index (χ3v) is 6.00. The minimum atomic E-state index is -0.595. The van der Waals surface area contributed by atoms with E-state index in [4.69, 9.17) is 9.47 Å². The van der Waals surface area contributed by atoms with Crippen LogP contribution in [0.25, 0.3) is 10.7 Å². The molecule has 0 radical (unpaired) electrons. The molecule has 7 nitrogen and oxygen atoms in total. The second-order valence-electron chi connectivity index (χ2n) is 7.32. The number of ether oxygens (including phenoxy) is 2. The molecule has 0 fully saturated rings. The van der Waals surface area contributed by atoms with E-state index < -0.39 is 6.09 Å². The van der Waals surface area contributed by atoms with Gasteiger partial charge < -0.3 is 14.8 Å². The summed E-state index contributed by atoms with van der Waals surface area (Å²) in [5.41, 5.74) is 3.30. The van der Waals surface area contributed by atoms with E-state index in [0.717, 1.165) is 30.0 Å². The molecule has 0 unspecified atom stereocenters. The molecule has 0 saturated carbocycles. The molecule has 1 N–H and O–H groups in total. The molecule has 2 aromatic heterocycles. The summed E-state index contributed by atoms with van der Waals surface area (Å²) >= 11 is 1.26. The van der Waals surface area contributed by atoms with Gasteiger partial charge in [-0.15, -0.1) is 0 Å².